The van der Waals surface area contributed by atoms with Crippen molar-refractivity contribution in [1.29, 1.82) is 0 Å². The van der Waals surface area contributed by atoms with E-state index in [4.69, 9.17) is 0 Å². The summed E-state index contributed by atoms with van der Waals surface area (Å²) in [5.41, 5.74) is -3.72. The van der Waals surface area contributed by atoms with Gasteiger partial charge in [-0.3, -0.25) is 0 Å². The Bertz CT molecular complexity index is 838. The summed E-state index contributed by atoms with van der Waals surface area (Å²) in [6.07, 6.45) is 6.74. The van der Waals surface area contributed by atoms with Gasteiger partial charge in [-0.15, -0.1) is 0 Å². The second-order valence-electron chi connectivity index (χ2n) is 11.5. The predicted molar refractivity (Wildman–Crippen MR) is 132 cm³/mol. The van der Waals surface area contributed by atoms with Crippen LogP contribution in [0.4, 0.5) is 0 Å². The zero-order chi connectivity index (χ0) is 30.2. The molecule has 3 fully saturated rings. The van der Waals surface area contributed by atoms with E-state index in [-0.39, 0.29) is 34.7 Å². The average Bonchev–Trinajstić information content (AvgIpc) is 2.85. The first-order valence-corrected chi connectivity index (χ1v) is 13.2. The van der Waals surface area contributed by atoms with Gasteiger partial charge < -0.3 is 59.4 Å². The quantitative estimate of drug-likeness (QED) is 0.259. The van der Waals surface area contributed by atoms with Gasteiger partial charge in [0.25, 0.3) is 0 Å². The molecule has 0 radical (unpaired) electrons. The Balaban J connectivity index is 0. The van der Waals surface area contributed by atoms with E-state index in [1.54, 1.807) is 0 Å². The molecule has 3 aliphatic rings. The molecular weight excluding hydrogens is 570 g/mol. The summed E-state index contributed by atoms with van der Waals surface area (Å²) in [7, 11) is 0. The molecule has 0 saturated heterocycles. The van der Waals surface area contributed by atoms with Crippen molar-refractivity contribution >= 4 is 70.5 Å². The van der Waals surface area contributed by atoms with Crippen LogP contribution in [0.1, 0.15) is 97.8 Å². The van der Waals surface area contributed by atoms with E-state index >= 15 is 0 Å². The molecule has 0 heterocycles. The molecule has 14 heteroatoms. The van der Waals surface area contributed by atoms with Crippen molar-refractivity contribution < 1.29 is 59.4 Å². The number of hydrogen-bond acceptors (Lipinski definition) is 12. The first-order chi connectivity index (χ1) is 17.9. The zero-order valence-corrected chi connectivity index (χ0v) is 26.1. The Morgan fingerprint density at radius 1 is 0.439 bits per heavy atom. The number of rotatable bonds is 6. The normalized spacial score (nSPS) is 32.4. The first kappa shape index (κ1) is 41.0. The minimum absolute atomic E-state index is 0. The average molecular weight is 607 g/mol. The van der Waals surface area contributed by atoms with Crippen LogP contribution in [0, 0.1) is 34.0 Å². The molecule has 3 rings (SSSR count). The van der Waals surface area contributed by atoms with Crippen LogP contribution in [0.15, 0.2) is 0 Å². The maximum atomic E-state index is 10.8. The molecular formula is C27H36Al2O12. The molecule has 0 amide bonds. The Kier molecular flexibility index (Phi) is 17.1. The van der Waals surface area contributed by atoms with E-state index < -0.39 is 69.8 Å². The van der Waals surface area contributed by atoms with Crippen LogP contribution in [-0.2, 0) is 28.8 Å². The molecule has 0 bridgehead atoms. The number of carbonyl (C=O) groups is 6. The molecule has 6 unspecified atom stereocenters. The van der Waals surface area contributed by atoms with E-state index in [0.29, 0.717) is 38.5 Å². The SMILES string of the molecule is CC1(C(=O)[O-])CCCCC1C(=O)[O-].CC1(C(=O)[O-])CCCCC1C(=O)[O-].CC1(C(=O)[O-])CCCCC1C(=O)[O-].[Al+3].[Al+3]. The van der Waals surface area contributed by atoms with Gasteiger partial charge in [-0.25, -0.2) is 0 Å². The van der Waals surface area contributed by atoms with Gasteiger partial charge in [0.2, 0.25) is 0 Å². The van der Waals surface area contributed by atoms with Crippen LogP contribution in [-0.4, -0.2) is 70.5 Å². The van der Waals surface area contributed by atoms with E-state index in [9.17, 15) is 59.4 Å². The predicted octanol–water partition coefficient (Wildman–Crippen LogP) is -4.71. The van der Waals surface area contributed by atoms with Crippen molar-refractivity contribution in [3.05, 3.63) is 0 Å². The van der Waals surface area contributed by atoms with E-state index in [1.807, 2.05) is 0 Å². The summed E-state index contributed by atoms with van der Waals surface area (Å²) in [5, 5.41) is 64.4. The van der Waals surface area contributed by atoms with Gasteiger partial charge in [-0.1, -0.05) is 59.3 Å². The molecule has 3 saturated carbocycles. The summed E-state index contributed by atoms with van der Waals surface area (Å²) in [6, 6.07) is 0. The zero-order valence-electron chi connectivity index (χ0n) is 23.8. The maximum Gasteiger partial charge on any atom is 3.00 e. The number of aliphatic carboxylic acids is 6. The van der Waals surface area contributed by atoms with Gasteiger partial charge in [0.05, 0.1) is 0 Å². The van der Waals surface area contributed by atoms with Crippen LogP contribution in [0.5, 0.6) is 0 Å². The molecule has 0 N–H and O–H groups in total. The number of carbonyl (C=O) groups excluding carboxylic acids is 6. The molecule has 6 atom stereocenters. The van der Waals surface area contributed by atoms with Gasteiger partial charge >= 0.3 is 34.7 Å². The van der Waals surface area contributed by atoms with Crippen LogP contribution in [0.2, 0.25) is 0 Å². The molecule has 0 aromatic carbocycles. The van der Waals surface area contributed by atoms with E-state index in [2.05, 4.69) is 0 Å². The minimum Gasteiger partial charge on any atom is -0.550 e. The number of carboxylic acid groups (broad SMARTS) is 6. The fourth-order valence-electron chi connectivity index (χ4n) is 5.87. The van der Waals surface area contributed by atoms with E-state index in [0.717, 1.165) is 38.5 Å². The van der Waals surface area contributed by atoms with Crippen molar-refractivity contribution in [2.75, 3.05) is 0 Å². The molecule has 0 aromatic rings. The Morgan fingerprint density at radius 3 is 0.756 bits per heavy atom. The van der Waals surface area contributed by atoms with Crippen LogP contribution in [0.25, 0.3) is 0 Å². The summed E-state index contributed by atoms with van der Waals surface area (Å²) in [4.78, 5) is 64.4. The Morgan fingerprint density at radius 2 is 0.634 bits per heavy atom. The maximum absolute atomic E-state index is 10.8. The van der Waals surface area contributed by atoms with Crippen molar-refractivity contribution in [2.45, 2.75) is 97.8 Å². The Hall–Kier alpha value is -2.12. The van der Waals surface area contributed by atoms with Crippen molar-refractivity contribution in [2.24, 2.45) is 34.0 Å². The first-order valence-electron chi connectivity index (χ1n) is 13.2. The molecule has 0 aliphatic heterocycles. The third-order valence-electron chi connectivity index (χ3n) is 8.88. The number of hydrogen-bond donors (Lipinski definition) is 0. The topological polar surface area (TPSA) is 241 Å². The second-order valence-corrected chi connectivity index (χ2v) is 11.5. The molecule has 3 aliphatic carbocycles. The van der Waals surface area contributed by atoms with Gasteiger partial charge in [0, 0.05) is 69.8 Å². The smallest absolute Gasteiger partial charge is 0.550 e. The van der Waals surface area contributed by atoms with Crippen LogP contribution >= 0.6 is 0 Å². The van der Waals surface area contributed by atoms with Gasteiger partial charge in [-0.05, 0) is 38.5 Å². The molecule has 0 aromatic heterocycles. The fraction of sp³-hybridized carbons (Fsp3) is 0.778. The van der Waals surface area contributed by atoms with Gasteiger partial charge in [-0.2, -0.15) is 0 Å². The standard InChI is InChI=1S/3C9H14O4.2Al/c3*1-9(8(12)13)5-3-2-4-6(9)7(10)11;;/h3*6H,2-5H2,1H3,(H,10,11)(H,12,13);;/q;;;2*+3/p-6. The van der Waals surface area contributed by atoms with Crippen LogP contribution in [0.3, 0.4) is 0 Å². The summed E-state index contributed by atoms with van der Waals surface area (Å²) >= 11 is 0. The summed E-state index contributed by atoms with van der Waals surface area (Å²) in [5.74, 6) is -10.3. The molecule has 0 spiro atoms. The van der Waals surface area contributed by atoms with Crippen LogP contribution < -0.4 is 30.6 Å². The largest absolute Gasteiger partial charge is 3.00 e. The Labute approximate surface area is 261 Å². The van der Waals surface area contributed by atoms with E-state index in [1.165, 1.54) is 20.8 Å². The third-order valence-corrected chi connectivity index (χ3v) is 8.88. The van der Waals surface area contributed by atoms with Gasteiger partial charge in [0.15, 0.2) is 0 Å². The van der Waals surface area contributed by atoms with Crippen molar-refractivity contribution in [3.63, 3.8) is 0 Å². The third kappa shape index (κ3) is 9.99. The van der Waals surface area contributed by atoms with Crippen molar-refractivity contribution in [3.8, 4) is 0 Å². The molecule has 222 valence electrons. The monoisotopic (exact) mass is 606 g/mol. The van der Waals surface area contributed by atoms with Crippen molar-refractivity contribution in [1.82, 2.24) is 0 Å². The van der Waals surface area contributed by atoms with Gasteiger partial charge in [0.1, 0.15) is 0 Å². The summed E-state index contributed by atoms with van der Waals surface area (Å²) in [6.45, 7) is 4.30. The fourth-order valence-corrected chi connectivity index (χ4v) is 5.87. The second kappa shape index (κ2) is 17.1. The minimum atomic E-state index is -1.28. The number of carboxylic acids is 6. The molecule has 12 nitrogen and oxygen atoms in total. The molecule has 41 heavy (non-hydrogen) atoms. The summed E-state index contributed by atoms with van der Waals surface area (Å²) < 4.78 is 0.